The number of fused-ring (bicyclic) bond motifs is 1. The molecule has 6 nitrogen and oxygen atoms in total. The molecule has 4 rings (SSSR count). The molecule has 2 aromatic rings. The fourth-order valence-electron chi connectivity index (χ4n) is 3.70. The highest BCUT2D eigenvalue weighted by Crippen LogP contribution is 2.20. The highest BCUT2D eigenvalue weighted by molar-refractivity contribution is 5.12. The van der Waals surface area contributed by atoms with Gasteiger partial charge in [0, 0.05) is 45.1 Å². The van der Waals surface area contributed by atoms with Crippen LogP contribution in [0.1, 0.15) is 24.2 Å². The Bertz CT molecular complexity index is 579. The van der Waals surface area contributed by atoms with Gasteiger partial charge in [-0.3, -0.25) is 9.58 Å². The Kier molecular flexibility index (Phi) is 3.95. The molecule has 0 bridgehead atoms. The van der Waals surface area contributed by atoms with Crippen molar-refractivity contribution < 1.29 is 0 Å². The number of likely N-dealkylation sites (tertiary alicyclic amines) is 1. The molecule has 2 aromatic heterocycles. The second-order valence-corrected chi connectivity index (χ2v) is 6.53. The third kappa shape index (κ3) is 3.08. The van der Waals surface area contributed by atoms with Gasteiger partial charge < -0.3 is 9.88 Å². The molecule has 0 unspecified atom stereocenters. The number of nitrogens with zero attached hydrogens (tertiary/aromatic N) is 5. The van der Waals surface area contributed by atoms with Crippen LogP contribution in [-0.2, 0) is 26.2 Å². The summed E-state index contributed by atoms with van der Waals surface area (Å²) in [6.07, 6.45) is 8.46. The van der Waals surface area contributed by atoms with Crippen LogP contribution >= 0.6 is 0 Å². The molecule has 1 N–H and O–H groups in total. The minimum absolute atomic E-state index is 0.724. The van der Waals surface area contributed by atoms with Crippen LogP contribution in [-0.4, -0.2) is 43.9 Å². The Balaban J connectivity index is 1.37. The Labute approximate surface area is 131 Å². The fraction of sp³-hybridized carbons (Fsp3) is 0.625. The van der Waals surface area contributed by atoms with Crippen LogP contribution in [0.2, 0.25) is 0 Å². The smallest absolute Gasteiger partial charge is 0.0946 e. The third-order valence-electron chi connectivity index (χ3n) is 4.74. The van der Waals surface area contributed by atoms with Crippen LogP contribution in [0, 0.1) is 5.92 Å². The van der Waals surface area contributed by atoms with Gasteiger partial charge in [-0.05, 0) is 31.4 Å². The van der Waals surface area contributed by atoms with E-state index in [0.29, 0.717) is 0 Å². The van der Waals surface area contributed by atoms with Crippen LogP contribution in [0.15, 0.2) is 24.8 Å². The molecular formula is C16H24N6. The molecule has 0 radical (unpaired) electrons. The molecule has 1 saturated heterocycles. The second kappa shape index (κ2) is 6.22. The van der Waals surface area contributed by atoms with E-state index in [9.17, 15) is 0 Å². The van der Waals surface area contributed by atoms with E-state index in [0.717, 1.165) is 38.6 Å². The van der Waals surface area contributed by atoms with E-state index in [1.54, 1.807) is 0 Å². The summed E-state index contributed by atoms with van der Waals surface area (Å²) in [4.78, 5) is 6.70. The van der Waals surface area contributed by atoms with Crippen LogP contribution in [0.3, 0.4) is 0 Å². The van der Waals surface area contributed by atoms with Crippen molar-refractivity contribution in [3.63, 3.8) is 0 Å². The number of hydrogen-bond acceptors (Lipinski definition) is 4. The van der Waals surface area contributed by atoms with Crippen molar-refractivity contribution in [3.8, 4) is 0 Å². The molecule has 2 aliphatic heterocycles. The van der Waals surface area contributed by atoms with Crippen molar-refractivity contribution in [2.75, 3.05) is 19.6 Å². The summed E-state index contributed by atoms with van der Waals surface area (Å²) in [5.74, 6) is 0.724. The Morgan fingerprint density at radius 3 is 3.18 bits per heavy atom. The molecule has 0 aliphatic carbocycles. The van der Waals surface area contributed by atoms with Crippen LogP contribution in [0.25, 0.3) is 0 Å². The Morgan fingerprint density at radius 2 is 2.32 bits per heavy atom. The normalized spacial score (nSPS) is 22.6. The molecule has 6 heteroatoms. The third-order valence-corrected chi connectivity index (χ3v) is 4.74. The van der Waals surface area contributed by atoms with E-state index in [4.69, 9.17) is 5.10 Å². The van der Waals surface area contributed by atoms with Gasteiger partial charge >= 0.3 is 0 Å². The van der Waals surface area contributed by atoms with E-state index < -0.39 is 0 Å². The van der Waals surface area contributed by atoms with Gasteiger partial charge in [0.15, 0.2) is 0 Å². The van der Waals surface area contributed by atoms with Gasteiger partial charge in [-0.1, -0.05) is 0 Å². The van der Waals surface area contributed by atoms with E-state index in [2.05, 4.69) is 36.7 Å². The van der Waals surface area contributed by atoms with Gasteiger partial charge in [0.05, 0.1) is 24.3 Å². The number of piperidine rings is 1. The van der Waals surface area contributed by atoms with Crippen molar-refractivity contribution in [2.24, 2.45) is 5.92 Å². The maximum atomic E-state index is 4.77. The zero-order chi connectivity index (χ0) is 14.8. The zero-order valence-electron chi connectivity index (χ0n) is 13.0. The second-order valence-electron chi connectivity index (χ2n) is 6.53. The molecule has 2 aliphatic rings. The van der Waals surface area contributed by atoms with E-state index in [-0.39, 0.29) is 0 Å². The number of nitrogens with one attached hydrogen (secondary N) is 1. The average molecular weight is 300 g/mol. The SMILES string of the molecule is c1cn(C[C@@H]2CCCN(Cc3cc4n(n3)CCNC4)C2)cn1. The topological polar surface area (TPSA) is 50.9 Å². The first kappa shape index (κ1) is 14.0. The van der Waals surface area contributed by atoms with Gasteiger partial charge in [0.2, 0.25) is 0 Å². The van der Waals surface area contributed by atoms with Gasteiger partial charge in [0.25, 0.3) is 0 Å². The molecular weight excluding hydrogens is 276 g/mol. The van der Waals surface area contributed by atoms with Gasteiger partial charge in [-0.2, -0.15) is 5.10 Å². The van der Waals surface area contributed by atoms with Crippen LogP contribution in [0.5, 0.6) is 0 Å². The summed E-state index contributed by atoms with van der Waals surface area (Å²) in [7, 11) is 0. The molecule has 118 valence electrons. The number of aromatic nitrogens is 4. The maximum absolute atomic E-state index is 4.77. The molecule has 4 heterocycles. The van der Waals surface area contributed by atoms with Crippen molar-refractivity contribution in [3.05, 3.63) is 36.2 Å². The molecule has 22 heavy (non-hydrogen) atoms. The lowest BCUT2D eigenvalue weighted by Gasteiger charge is -2.32. The highest BCUT2D eigenvalue weighted by atomic mass is 15.3. The largest absolute Gasteiger partial charge is 0.337 e. The molecule has 1 fully saturated rings. The lowest BCUT2D eigenvalue weighted by molar-refractivity contribution is 0.154. The van der Waals surface area contributed by atoms with Gasteiger partial charge in [-0.15, -0.1) is 0 Å². The number of imidazole rings is 1. The predicted molar refractivity (Wildman–Crippen MR) is 84.2 cm³/mol. The summed E-state index contributed by atoms with van der Waals surface area (Å²) in [6.45, 7) is 7.42. The van der Waals surface area contributed by atoms with Crippen molar-refractivity contribution >= 4 is 0 Å². The first-order valence-corrected chi connectivity index (χ1v) is 8.31. The molecule has 1 atom stereocenters. The van der Waals surface area contributed by atoms with Gasteiger partial charge in [-0.25, -0.2) is 4.98 Å². The van der Waals surface area contributed by atoms with Gasteiger partial charge in [0.1, 0.15) is 0 Å². The summed E-state index contributed by atoms with van der Waals surface area (Å²) >= 11 is 0. The minimum atomic E-state index is 0.724. The Morgan fingerprint density at radius 1 is 1.32 bits per heavy atom. The molecule has 0 amide bonds. The zero-order valence-corrected chi connectivity index (χ0v) is 13.0. The number of hydrogen-bond donors (Lipinski definition) is 1. The Hall–Kier alpha value is -1.66. The predicted octanol–water partition coefficient (Wildman–Crippen LogP) is 1.09. The molecule has 0 aromatic carbocycles. The van der Waals surface area contributed by atoms with Crippen molar-refractivity contribution in [2.45, 2.75) is 39.0 Å². The monoisotopic (exact) mass is 300 g/mol. The first-order chi connectivity index (χ1) is 10.9. The summed E-state index contributed by atoms with van der Waals surface area (Å²) in [6, 6.07) is 2.27. The summed E-state index contributed by atoms with van der Waals surface area (Å²) in [5, 5.41) is 8.17. The number of rotatable bonds is 4. The first-order valence-electron chi connectivity index (χ1n) is 8.31. The quantitative estimate of drug-likeness (QED) is 0.918. The van der Waals surface area contributed by atoms with Crippen LogP contribution < -0.4 is 5.32 Å². The van der Waals surface area contributed by atoms with Crippen molar-refractivity contribution in [1.29, 1.82) is 0 Å². The lowest BCUT2D eigenvalue weighted by Crippen LogP contribution is -2.36. The summed E-state index contributed by atoms with van der Waals surface area (Å²) < 4.78 is 4.37. The van der Waals surface area contributed by atoms with E-state index >= 15 is 0 Å². The van der Waals surface area contributed by atoms with Crippen molar-refractivity contribution in [1.82, 2.24) is 29.5 Å². The standard InChI is InChI=1S/C16H24N6/c1-2-14(11-21-6-3-18-13-21)10-20(5-1)12-15-8-16-9-17-4-7-22(16)19-15/h3,6,8,13-14,17H,1-2,4-5,7,9-12H2/t14-/m1/s1. The van der Waals surface area contributed by atoms with E-state index in [1.165, 1.54) is 37.3 Å². The molecule has 0 saturated carbocycles. The maximum Gasteiger partial charge on any atom is 0.0946 e. The van der Waals surface area contributed by atoms with E-state index in [1.807, 2.05) is 12.5 Å². The van der Waals surface area contributed by atoms with Crippen LogP contribution in [0.4, 0.5) is 0 Å². The lowest BCUT2D eigenvalue weighted by atomic mass is 9.98. The molecule has 0 spiro atoms. The highest BCUT2D eigenvalue weighted by Gasteiger charge is 2.21. The fourth-order valence-corrected chi connectivity index (χ4v) is 3.70. The minimum Gasteiger partial charge on any atom is -0.337 e. The summed E-state index contributed by atoms with van der Waals surface area (Å²) in [5.41, 5.74) is 2.55. The average Bonchev–Trinajstić information content (AvgIpc) is 3.16.